The molecule has 0 aromatic carbocycles. The van der Waals surface area contributed by atoms with Gasteiger partial charge in [-0.15, -0.1) is 0 Å². The first-order chi connectivity index (χ1) is 18.3. The molecule has 0 unspecified atom stereocenters. The van der Waals surface area contributed by atoms with Gasteiger partial charge in [0.25, 0.3) is 5.56 Å². The second-order valence-electron chi connectivity index (χ2n) is 16.1. The van der Waals surface area contributed by atoms with Gasteiger partial charge in [-0.05, 0) is 54.4 Å². The van der Waals surface area contributed by atoms with Crippen LogP contribution in [0, 0.1) is 0 Å². The summed E-state index contributed by atoms with van der Waals surface area (Å²) >= 11 is 0. The number of nitrogens with zero attached hydrogens (tertiary/aromatic N) is 3. The van der Waals surface area contributed by atoms with Crippen LogP contribution in [0.5, 0.6) is 0 Å². The zero-order chi connectivity index (χ0) is 31.6. The van der Waals surface area contributed by atoms with Gasteiger partial charge in [-0.2, -0.15) is 4.98 Å². The average Bonchev–Trinajstić information content (AvgIpc) is 3.31. The van der Waals surface area contributed by atoms with Crippen molar-refractivity contribution < 1.29 is 18.0 Å². The maximum Gasteiger partial charge on any atom is 0.280 e. The number of nitrogen functional groups attached to an aromatic ring is 1. The van der Waals surface area contributed by atoms with E-state index in [9.17, 15) is 4.79 Å². The zero-order valence-electron chi connectivity index (χ0n) is 28.1. The molecule has 3 rings (SSSR count). The maximum absolute atomic E-state index is 12.7. The third kappa shape index (κ3) is 6.91. The minimum absolute atomic E-state index is 0.0241. The highest BCUT2D eigenvalue weighted by atomic mass is 28.4. The molecule has 1 saturated heterocycles. The summed E-state index contributed by atoms with van der Waals surface area (Å²) in [7, 11) is -6.69. The van der Waals surface area contributed by atoms with Gasteiger partial charge >= 0.3 is 0 Å². The Kier molecular flexibility index (Phi) is 9.13. The lowest BCUT2D eigenvalue weighted by atomic mass is 10.1. The van der Waals surface area contributed by atoms with Crippen LogP contribution in [0.25, 0.3) is 11.2 Å². The number of aromatic nitrogens is 4. The number of imidazole rings is 1. The van der Waals surface area contributed by atoms with Crippen molar-refractivity contribution in [2.24, 2.45) is 0 Å². The molecular formula is C28H55N5O5Si3. The highest BCUT2D eigenvalue weighted by Crippen LogP contribution is 2.46. The van der Waals surface area contributed by atoms with E-state index >= 15 is 0 Å². The molecule has 1 fully saturated rings. The predicted octanol–water partition coefficient (Wildman–Crippen LogP) is 6.40. The maximum atomic E-state index is 12.7. The van der Waals surface area contributed by atoms with E-state index in [-0.39, 0.29) is 26.6 Å². The second-order valence-corrected chi connectivity index (χ2v) is 30.4. The summed E-state index contributed by atoms with van der Waals surface area (Å²) < 4.78 is 29.8. The van der Waals surface area contributed by atoms with Crippen molar-refractivity contribution in [2.45, 2.75) is 141 Å². The second kappa shape index (κ2) is 11.0. The van der Waals surface area contributed by atoms with Gasteiger partial charge in [0.15, 0.2) is 42.3 Å². The largest absolute Gasteiger partial charge is 0.414 e. The fourth-order valence-corrected chi connectivity index (χ4v) is 7.62. The Labute approximate surface area is 249 Å². The van der Waals surface area contributed by atoms with Gasteiger partial charge in [0.2, 0.25) is 5.95 Å². The molecule has 0 amide bonds. The standard InChI is InChI=1S/C28H55N5O5Si3/c1-26(2,3)39(10,11)35-16-18-20(37-40(12,13)27(4,5)6)21(38-41(14,15)28(7,8)9)24(36-18)33-17-30-19-22(33)31-25(29)32-23(19)34/h17-18,20-21,24H,16H2,1-15H3,(H3,29,31,32,34)/t18-,20+,21-,24-/m1/s1. The Morgan fingerprint density at radius 2 is 1.37 bits per heavy atom. The number of H-pyrrole nitrogens is 1. The Hall–Kier alpha value is -1.36. The predicted molar refractivity (Wildman–Crippen MR) is 174 cm³/mol. The van der Waals surface area contributed by atoms with Crippen molar-refractivity contribution in [1.29, 1.82) is 0 Å². The number of nitrogens with one attached hydrogen (secondary N) is 1. The Bertz CT molecular complexity index is 1290. The Morgan fingerprint density at radius 1 is 0.878 bits per heavy atom. The normalized spacial score (nSPS) is 23.5. The molecule has 0 radical (unpaired) electrons. The lowest BCUT2D eigenvalue weighted by Crippen LogP contribution is -2.54. The minimum Gasteiger partial charge on any atom is -0.414 e. The van der Waals surface area contributed by atoms with E-state index in [1.54, 1.807) is 10.9 Å². The van der Waals surface area contributed by atoms with Crippen LogP contribution in [-0.4, -0.2) is 69.4 Å². The first-order valence-electron chi connectivity index (χ1n) is 14.7. The van der Waals surface area contributed by atoms with E-state index in [1.165, 1.54) is 0 Å². The van der Waals surface area contributed by atoms with E-state index in [1.807, 2.05) is 0 Å². The Balaban J connectivity index is 2.18. The summed E-state index contributed by atoms with van der Waals surface area (Å²) in [5, 5.41) is -0.0328. The molecule has 0 aliphatic carbocycles. The van der Waals surface area contributed by atoms with Crippen LogP contribution in [0.3, 0.4) is 0 Å². The summed E-state index contributed by atoms with van der Waals surface area (Å²) in [6.45, 7) is 33.9. The van der Waals surface area contributed by atoms with E-state index in [0.717, 1.165) is 0 Å². The molecule has 13 heteroatoms. The van der Waals surface area contributed by atoms with Crippen LogP contribution in [0.4, 0.5) is 5.95 Å². The van der Waals surface area contributed by atoms with Crippen molar-refractivity contribution in [3.8, 4) is 0 Å². The van der Waals surface area contributed by atoms with E-state index in [4.69, 9.17) is 23.7 Å². The fourth-order valence-electron chi connectivity index (χ4n) is 4.00. The number of nitrogens with two attached hydrogens (primary N) is 1. The summed E-state index contributed by atoms with van der Waals surface area (Å²) in [4.78, 5) is 24.0. The van der Waals surface area contributed by atoms with Crippen molar-refractivity contribution in [1.82, 2.24) is 19.5 Å². The molecule has 1 aliphatic heterocycles. The average molecular weight is 626 g/mol. The molecule has 3 heterocycles. The molecule has 1 aliphatic rings. The van der Waals surface area contributed by atoms with Gasteiger partial charge in [0.05, 0.1) is 12.9 Å². The molecular weight excluding hydrogens is 571 g/mol. The third-order valence-electron chi connectivity index (χ3n) is 9.90. The smallest absolute Gasteiger partial charge is 0.280 e. The lowest BCUT2D eigenvalue weighted by molar-refractivity contribution is -0.0470. The van der Waals surface area contributed by atoms with E-state index < -0.39 is 55.1 Å². The number of ether oxygens (including phenoxy) is 1. The van der Waals surface area contributed by atoms with Gasteiger partial charge in [0.1, 0.15) is 18.3 Å². The van der Waals surface area contributed by atoms with E-state index in [2.05, 4.69) is 117 Å². The highest BCUT2D eigenvalue weighted by Gasteiger charge is 2.55. The number of hydrogen-bond donors (Lipinski definition) is 2. The van der Waals surface area contributed by atoms with E-state index in [0.29, 0.717) is 12.3 Å². The van der Waals surface area contributed by atoms with Crippen LogP contribution >= 0.6 is 0 Å². The molecule has 234 valence electrons. The van der Waals surface area contributed by atoms with Gasteiger partial charge in [0, 0.05) is 0 Å². The molecule has 0 spiro atoms. The van der Waals surface area contributed by atoms with Crippen LogP contribution in [-0.2, 0) is 18.0 Å². The minimum atomic E-state index is -2.32. The SMILES string of the molecule is CC(C)(C)[Si](C)(C)OC[C@H]1O[C@@H](n2cnc3c(=O)[nH]c(N)nc32)[C@H](O[Si](C)(C)C(C)(C)C)[C@H]1O[Si](C)(C)C(C)(C)C. The van der Waals surface area contributed by atoms with Gasteiger partial charge in [-0.1, -0.05) is 62.3 Å². The van der Waals surface area contributed by atoms with Crippen LogP contribution in [0.15, 0.2) is 11.1 Å². The molecule has 2 aromatic rings. The van der Waals surface area contributed by atoms with Crippen molar-refractivity contribution in [3.63, 3.8) is 0 Å². The fraction of sp³-hybridized carbons (Fsp3) is 0.821. The quantitative estimate of drug-likeness (QED) is 0.323. The molecule has 41 heavy (non-hydrogen) atoms. The number of aromatic amines is 1. The molecule has 10 nitrogen and oxygen atoms in total. The topological polar surface area (TPSA) is 127 Å². The summed E-state index contributed by atoms with van der Waals surface area (Å²) in [5.41, 5.74) is 6.13. The number of fused-ring (bicyclic) bond motifs is 1. The molecule has 3 N–H and O–H groups in total. The monoisotopic (exact) mass is 625 g/mol. The number of anilines is 1. The van der Waals surface area contributed by atoms with Gasteiger partial charge in [-0.25, -0.2) is 4.98 Å². The first-order valence-corrected chi connectivity index (χ1v) is 23.4. The Morgan fingerprint density at radius 3 is 1.85 bits per heavy atom. The third-order valence-corrected chi connectivity index (χ3v) is 23.3. The van der Waals surface area contributed by atoms with Gasteiger partial charge < -0.3 is 23.7 Å². The lowest BCUT2D eigenvalue weighted by Gasteiger charge is -2.44. The van der Waals surface area contributed by atoms with Crippen LogP contribution in [0.1, 0.15) is 68.5 Å². The van der Waals surface area contributed by atoms with Crippen molar-refractivity contribution >= 4 is 42.1 Å². The van der Waals surface area contributed by atoms with Crippen LogP contribution in [0.2, 0.25) is 54.4 Å². The summed E-state index contributed by atoms with van der Waals surface area (Å²) in [6, 6.07) is 0. The highest BCUT2D eigenvalue weighted by molar-refractivity contribution is 6.75. The molecule has 4 atom stereocenters. The van der Waals surface area contributed by atoms with Crippen molar-refractivity contribution in [2.75, 3.05) is 12.3 Å². The zero-order valence-corrected chi connectivity index (χ0v) is 31.1. The van der Waals surface area contributed by atoms with Crippen molar-refractivity contribution in [3.05, 3.63) is 16.7 Å². The molecule has 2 aromatic heterocycles. The van der Waals surface area contributed by atoms with Crippen LogP contribution < -0.4 is 11.3 Å². The molecule has 0 bridgehead atoms. The number of rotatable bonds is 8. The summed E-state index contributed by atoms with van der Waals surface area (Å²) in [5.74, 6) is 0.0241. The summed E-state index contributed by atoms with van der Waals surface area (Å²) in [6.07, 6.45) is -0.297. The first kappa shape index (κ1) is 34.1. The van der Waals surface area contributed by atoms with Gasteiger partial charge in [-0.3, -0.25) is 14.3 Å². The molecule has 0 saturated carbocycles. The number of hydrogen-bond acceptors (Lipinski definition) is 8.